The molecule has 1 aromatic heterocycles. The predicted octanol–water partition coefficient (Wildman–Crippen LogP) is 3.36. The van der Waals surface area contributed by atoms with Crippen molar-refractivity contribution in [2.24, 2.45) is 11.8 Å². The Kier molecular flexibility index (Phi) is 4.86. The topological polar surface area (TPSA) is 45.2 Å². The first-order valence-electron chi connectivity index (χ1n) is 7.89. The van der Waals surface area contributed by atoms with Crippen LogP contribution in [0, 0.1) is 11.8 Å². The molecular formula is C17H27N3O. The van der Waals surface area contributed by atoms with Gasteiger partial charge in [0.15, 0.2) is 0 Å². The third-order valence-electron chi connectivity index (χ3n) is 4.10. The molecule has 0 radical (unpaired) electrons. The second-order valence-electron chi connectivity index (χ2n) is 6.73. The third kappa shape index (κ3) is 3.74. The van der Waals surface area contributed by atoms with Crippen LogP contribution in [0.15, 0.2) is 12.1 Å². The maximum atomic E-state index is 12.8. The summed E-state index contributed by atoms with van der Waals surface area (Å²) in [7, 11) is 1.84. The van der Waals surface area contributed by atoms with Gasteiger partial charge in [0.2, 0.25) is 0 Å². The first kappa shape index (κ1) is 15.8. The number of hydrogen-bond donors (Lipinski definition) is 1. The summed E-state index contributed by atoms with van der Waals surface area (Å²) in [5, 5.41) is 3.06. The number of anilines is 1. The number of carbonyl (C=O) groups is 1. The van der Waals surface area contributed by atoms with E-state index in [2.05, 4.69) is 38.0 Å². The maximum Gasteiger partial charge on any atom is 0.254 e. The van der Waals surface area contributed by atoms with Gasteiger partial charge >= 0.3 is 0 Å². The summed E-state index contributed by atoms with van der Waals surface area (Å²) >= 11 is 0. The Morgan fingerprint density at radius 2 is 1.90 bits per heavy atom. The van der Waals surface area contributed by atoms with Crippen LogP contribution in [0.4, 0.5) is 5.82 Å². The monoisotopic (exact) mass is 289 g/mol. The lowest BCUT2D eigenvalue weighted by Crippen LogP contribution is -2.42. The molecule has 116 valence electrons. The Labute approximate surface area is 127 Å². The van der Waals surface area contributed by atoms with Gasteiger partial charge in [0.25, 0.3) is 5.91 Å². The van der Waals surface area contributed by atoms with E-state index in [9.17, 15) is 4.79 Å². The molecule has 1 amide bonds. The Balaban J connectivity index is 2.27. The molecule has 0 saturated carbocycles. The minimum Gasteiger partial charge on any atom is -0.373 e. The molecular weight excluding hydrogens is 262 g/mol. The molecule has 1 saturated heterocycles. The normalized spacial score (nSPS) is 22.5. The highest BCUT2D eigenvalue weighted by atomic mass is 16.2. The quantitative estimate of drug-likeness (QED) is 0.928. The van der Waals surface area contributed by atoms with E-state index < -0.39 is 0 Å². The van der Waals surface area contributed by atoms with E-state index in [1.165, 1.54) is 6.42 Å². The Morgan fingerprint density at radius 1 is 1.29 bits per heavy atom. The Hall–Kier alpha value is -1.58. The summed E-state index contributed by atoms with van der Waals surface area (Å²) in [5.41, 5.74) is 1.71. The van der Waals surface area contributed by atoms with E-state index in [4.69, 9.17) is 0 Å². The van der Waals surface area contributed by atoms with Gasteiger partial charge in [-0.3, -0.25) is 4.79 Å². The number of nitrogens with zero attached hydrogens (tertiary/aromatic N) is 2. The van der Waals surface area contributed by atoms with Crippen LogP contribution >= 0.6 is 0 Å². The molecule has 1 aliphatic heterocycles. The molecule has 21 heavy (non-hydrogen) atoms. The number of nitrogens with one attached hydrogen (secondary N) is 1. The third-order valence-corrected chi connectivity index (χ3v) is 4.10. The fraction of sp³-hybridized carbons (Fsp3) is 0.647. The summed E-state index contributed by atoms with van der Waals surface area (Å²) in [6.45, 7) is 10.4. The van der Waals surface area contributed by atoms with Gasteiger partial charge in [-0.15, -0.1) is 0 Å². The fourth-order valence-electron chi connectivity index (χ4n) is 3.11. The minimum atomic E-state index is 0.134. The van der Waals surface area contributed by atoms with Gasteiger partial charge < -0.3 is 10.2 Å². The van der Waals surface area contributed by atoms with Crippen molar-refractivity contribution in [1.82, 2.24) is 9.88 Å². The number of pyridine rings is 1. The molecule has 1 fully saturated rings. The average Bonchev–Trinajstić information content (AvgIpc) is 2.44. The highest BCUT2D eigenvalue weighted by molar-refractivity contribution is 5.95. The summed E-state index contributed by atoms with van der Waals surface area (Å²) in [6, 6.07) is 3.80. The molecule has 4 heteroatoms. The highest BCUT2D eigenvalue weighted by Gasteiger charge is 2.26. The number of amides is 1. The van der Waals surface area contributed by atoms with Crippen LogP contribution in [-0.4, -0.2) is 35.9 Å². The number of carbonyl (C=O) groups excluding carboxylic acids is 1. The number of likely N-dealkylation sites (tertiary alicyclic amines) is 1. The van der Waals surface area contributed by atoms with Crippen LogP contribution in [-0.2, 0) is 0 Å². The van der Waals surface area contributed by atoms with Gasteiger partial charge in [-0.1, -0.05) is 27.7 Å². The predicted molar refractivity (Wildman–Crippen MR) is 86.7 cm³/mol. The number of hydrogen-bond acceptors (Lipinski definition) is 3. The lowest BCUT2D eigenvalue weighted by Gasteiger charge is -2.35. The average molecular weight is 289 g/mol. The van der Waals surface area contributed by atoms with E-state index in [0.717, 1.165) is 30.2 Å². The summed E-state index contributed by atoms with van der Waals surface area (Å²) in [5.74, 6) is 2.36. The molecule has 1 aromatic rings. The standard InChI is InChI=1S/C17H27N3O/c1-11(2)15-7-14(8-16(18-5)19-15)17(21)20-9-12(3)6-13(4)10-20/h7-8,11-13H,6,9-10H2,1-5H3,(H,18,19). The number of piperidine rings is 1. The van der Waals surface area contributed by atoms with Crippen LogP contribution in [0.25, 0.3) is 0 Å². The molecule has 0 spiro atoms. The van der Waals surface area contributed by atoms with Crippen LogP contribution in [0.3, 0.4) is 0 Å². The summed E-state index contributed by atoms with van der Waals surface area (Å²) in [4.78, 5) is 19.3. The number of aromatic nitrogens is 1. The molecule has 2 heterocycles. The van der Waals surface area contributed by atoms with Crippen molar-refractivity contribution in [3.63, 3.8) is 0 Å². The number of rotatable bonds is 3. The maximum absolute atomic E-state index is 12.8. The van der Waals surface area contributed by atoms with E-state index in [1.807, 2.05) is 24.1 Å². The molecule has 0 bridgehead atoms. The molecule has 2 atom stereocenters. The summed E-state index contributed by atoms with van der Waals surface area (Å²) < 4.78 is 0. The lowest BCUT2D eigenvalue weighted by molar-refractivity contribution is 0.0623. The van der Waals surface area contributed by atoms with Crippen molar-refractivity contribution in [3.8, 4) is 0 Å². The van der Waals surface area contributed by atoms with Crippen molar-refractivity contribution in [3.05, 3.63) is 23.4 Å². The molecule has 0 aromatic carbocycles. The van der Waals surface area contributed by atoms with Crippen LogP contribution in [0.2, 0.25) is 0 Å². The van der Waals surface area contributed by atoms with E-state index in [-0.39, 0.29) is 5.91 Å². The van der Waals surface area contributed by atoms with Crippen LogP contribution in [0.1, 0.15) is 56.1 Å². The molecule has 1 N–H and O–H groups in total. The zero-order valence-electron chi connectivity index (χ0n) is 13.8. The zero-order valence-corrected chi connectivity index (χ0v) is 13.8. The molecule has 2 unspecified atom stereocenters. The fourth-order valence-corrected chi connectivity index (χ4v) is 3.11. The first-order valence-corrected chi connectivity index (χ1v) is 7.89. The Morgan fingerprint density at radius 3 is 2.43 bits per heavy atom. The molecule has 4 nitrogen and oxygen atoms in total. The Bertz CT molecular complexity index is 503. The van der Waals surface area contributed by atoms with Crippen molar-refractivity contribution in [1.29, 1.82) is 0 Å². The van der Waals surface area contributed by atoms with Gasteiger partial charge in [0.05, 0.1) is 0 Å². The van der Waals surface area contributed by atoms with E-state index in [0.29, 0.717) is 17.8 Å². The first-order chi connectivity index (χ1) is 9.90. The minimum absolute atomic E-state index is 0.134. The van der Waals surface area contributed by atoms with Crippen molar-refractivity contribution >= 4 is 11.7 Å². The van der Waals surface area contributed by atoms with Gasteiger partial charge in [0.1, 0.15) is 5.82 Å². The van der Waals surface area contributed by atoms with Crippen molar-refractivity contribution in [2.45, 2.75) is 40.0 Å². The van der Waals surface area contributed by atoms with Gasteiger partial charge in [-0.05, 0) is 36.3 Å². The second kappa shape index (κ2) is 6.46. The van der Waals surface area contributed by atoms with Crippen molar-refractivity contribution in [2.75, 3.05) is 25.5 Å². The summed E-state index contributed by atoms with van der Waals surface area (Å²) in [6.07, 6.45) is 1.21. The van der Waals surface area contributed by atoms with Gasteiger partial charge in [0, 0.05) is 31.4 Å². The molecule has 2 rings (SSSR count). The highest BCUT2D eigenvalue weighted by Crippen LogP contribution is 2.24. The van der Waals surface area contributed by atoms with Gasteiger partial charge in [-0.2, -0.15) is 0 Å². The van der Waals surface area contributed by atoms with E-state index >= 15 is 0 Å². The van der Waals surface area contributed by atoms with Crippen LogP contribution in [0.5, 0.6) is 0 Å². The van der Waals surface area contributed by atoms with E-state index in [1.54, 1.807) is 0 Å². The van der Waals surface area contributed by atoms with Crippen LogP contribution < -0.4 is 5.32 Å². The lowest BCUT2D eigenvalue weighted by atomic mass is 9.91. The zero-order chi connectivity index (χ0) is 15.6. The SMILES string of the molecule is CNc1cc(C(=O)N2CC(C)CC(C)C2)cc(C(C)C)n1. The molecule has 1 aliphatic rings. The smallest absolute Gasteiger partial charge is 0.254 e. The molecule has 0 aliphatic carbocycles. The second-order valence-corrected chi connectivity index (χ2v) is 6.73. The largest absolute Gasteiger partial charge is 0.373 e. The van der Waals surface area contributed by atoms with Gasteiger partial charge in [-0.25, -0.2) is 4.98 Å². The van der Waals surface area contributed by atoms with Crippen molar-refractivity contribution < 1.29 is 4.79 Å².